The third-order valence-electron chi connectivity index (χ3n) is 3.15. The van der Waals surface area contributed by atoms with Crippen LogP contribution in [-0.4, -0.2) is 16.7 Å². The third kappa shape index (κ3) is 1.74. The summed E-state index contributed by atoms with van der Waals surface area (Å²) in [5.74, 6) is 0. The zero-order valence-electron chi connectivity index (χ0n) is 10.2. The van der Waals surface area contributed by atoms with Crippen molar-refractivity contribution < 1.29 is 0 Å². The maximum atomic E-state index is 5.65. The topological polar surface area (TPSA) is 54.7 Å². The highest BCUT2D eigenvalue weighted by Crippen LogP contribution is 2.36. The van der Waals surface area contributed by atoms with E-state index in [-0.39, 0.29) is 0 Å². The van der Waals surface area contributed by atoms with Gasteiger partial charge in [-0.25, -0.2) is 0 Å². The molecule has 1 aromatic carbocycles. The fourth-order valence-corrected chi connectivity index (χ4v) is 3.28. The van der Waals surface area contributed by atoms with Crippen molar-refractivity contribution in [2.75, 3.05) is 6.54 Å². The Balaban J connectivity index is 2.22. The largest absolute Gasteiger partial charge is 0.330 e. The monoisotopic (exact) mass is 257 g/mol. The molecule has 0 saturated carbocycles. The van der Waals surface area contributed by atoms with E-state index in [0.29, 0.717) is 6.54 Å². The molecule has 0 amide bonds. The molecule has 0 radical (unpaired) electrons. The summed E-state index contributed by atoms with van der Waals surface area (Å²) in [6.45, 7) is 2.69. The van der Waals surface area contributed by atoms with Crippen LogP contribution in [0.15, 0.2) is 29.6 Å². The lowest BCUT2D eigenvalue weighted by molar-refractivity contribution is 0.899. The zero-order valence-corrected chi connectivity index (χ0v) is 11.1. The predicted octanol–water partition coefficient (Wildman–Crippen LogP) is 3.10. The van der Waals surface area contributed by atoms with Gasteiger partial charge >= 0.3 is 0 Å². The average molecular weight is 257 g/mol. The lowest BCUT2D eigenvalue weighted by Gasteiger charge is -2.02. The molecule has 3 nitrogen and oxygen atoms in total. The van der Waals surface area contributed by atoms with Gasteiger partial charge in [0.25, 0.3) is 0 Å². The minimum atomic E-state index is 0.624. The van der Waals surface area contributed by atoms with Crippen molar-refractivity contribution in [3.8, 4) is 11.1 Å². The van der Waals surface area contributed by atoms with Crippen molar-refractivity contribution in [1.82, 2.24) is 10.2 Å². The highest BCUT2D eigenvalue weighted by atomic mass is 32.1. The number of hydrogen-bond donors (Lipinski definition) is 2. The molecule has 0 aliphatic heterocycles. The summed E-state index contributed by atoms with van der Waals surface area (Å²) < 4.78 is 1.31. The Labute approximate surface area is 110 Å². The van der Waals surface area contributed by atoms with E-state index < -0.39 is 0 Å². The molecule has 4 heteroatoms. The van der Waals surface area contributed by atoms with Crippen LogP contribution in [0.4, 0.5) is 0 Å². The number of nitrogens with zero attached hydrogens (tertiary/aromatic N) is 1. The number of aryl methyl sites for hydroxylation is 1. The first-order chi connectivity index (χ1) is 8.81. The highest BCUT2D eigenvalue weighted by molar-refractivity contribution is 7.17. The molecule has 2 heterocycles. The van der Waals surface area contributed by atoms with Crippen LogP contribution in [0.5, 0.6) is 0 Å². The van der Waals surface area contributed by atoms with Crippen LogP contribution in [0, 0.1) is 6.92 Å². The molecule has 0 aliphatic carbocycles. The zero-order chi connectivity index (χ0) is 12.5. The lowest BCUT2D eigenvalue weighted by Crippen LogP contribution is -2.04. The van der Waals surface area contributed by atoms with Gasteiger partial charge in [-0.15, -0.1) is 11.3 Å². The van der Waals surface area contributed by atoms with Gasteiger partial charge in [0, 0.05) is 33.3 Å². The molecule has 0 fully saturated rings. The van der Waals surface area contributed by atoms with E-state index in [1.807, 2.05) is 0 Å². The normalized spacial score (nSPS) is 11.2. The van der Waals surface area contributed by atoms with Crippen LogP contribution in [0.3, 0.4) is 0 Å². The number of rotatable bonds is 3. The first kappa shape index (κ1) is 11.4. The number of aromatic nitrogens is 2. The van der Waals surface area contributed by atoms with E-state index in [1.165, 1.54) is 21.2 Å². The predicted molar refractivity (Wildman–Crippen MR) is 76.9 cm³/mol. The minimum absolute atomic E-state index is 0.624. The molecule has 0 saturated heterocycles. The summed E-state index contributed by atoms with van der Waals surface area (Å²) in [5.41, 5.74) is 10.3. The minimum Gasteiger partial charge on any atom is -0.330 e. The molecule has 2 aromatic heterocycles. The SMILES string of the molecule is Cc1[nH]nc(CCN)c1-c1csc2ccccc12. The second-order valence-electron chi connectivity index (χ2n) is 4.35. The Hall–Kier alpha value is -1.65. The maximum Gasteiger partial charge on any atom is 0.0716 e. The lowest BCUT2D eigenvalue weighted by atomic mass is 10.0. The van der Waals surface area contributed by atoms with Crippen molar-refractivity contribution >= 4 is 21.4 Å². The molecular formula is C14H15N3S. The van der Waals surface area contributed by atoms with Gasteiger partial charge in [-0.1, -0.05) is 18.2 Å². The number of H-pyrrole nitrogens is 1. The Kier molecular flexibility index (Phi) is 2.89. The Morgan fingerprint density at radius 3 is 3.00 bits per heavy atom. The van der Waals surface area contributed by atoms with Crippen LogP contribution in [0.1, 0.15) is 11.4 Å². The van der Waals surface area contributed by atoms with Crippen LogP contribution in [0.25, 0.3) is 21.2 Å². The van der Waals surface area contributed by atoms with Crippen LogP contribution < -0.4 is 5.73 Å². The molecule has 0 spiro atoms. The third-order valence-corrected chi connectivity index (χ3v) is 4.12. The second-order valence-corrected chi connectivity index (χ2v) is 5.27. The number of thiophene rings is 1. The molecule has 0 unspecified atom stereocenters. The van der Waals surface area contributed by atoms with Crippen molar-refractivity contribution in [2.24, 2.45) is 5.73 Å². The number of nitrogens with two attached hydrogens (primary N) is 1. The maximum absolute atomic E-state index is 5.65. The van der Waals surface area contributed by atoms with Crippen molar-refractivity contribution in [3.63, 3.8) is 0 Å². The smallest absolute Gasteiger partial charge is 0.0716 e. The fourth-order valence-electron chi connectivity index (χ4n) is 2.33. The van der Waals surface area contributed by atoms with Gasteiger partial charge in [-0.05, 0) is 24.9 Å². The Morgan fingerprint density at radius 2 is 2.17 bits per heavy atom. The van der Waals surface area contributed by atoms with Gasteiger partial charge < -0.3 is 5.73 Å². The van der Waals surface area contributed by atoms with Crippen molar-refractivity contribution in [3.05, 3.63) is 41.0 Å². The second kappa shape index (κ2) is 4.55. The fraction of sp³-hybridized carbons (Fsp3) is 0.214. The summed E-state index contributed by atoms with van der Waals surface area (Å²) in [4.78, 5) is 0. The van der Waals surface area contributed by atoms with Crippen LogP contribution >= 0.6 is 11.3 Å². The average Bonchev–Trinajstić information content (AvgIpc) is 2.94. The van der Waals surface area contributed by atoms with Crippen molar-refractivity contribution in [2.45, 2.75) is 13.3 Å². The molecule has 0 bridgehead atoms. The van der Waals surface area contributed by atoms with E-state index in [0.717, 1.165) is 17.8 Å². The summed E-state index contributed by atoms with van der Waals surface area (Å²) in [6, 6.07) is 8.48. The molecule has 0 atom stereocenters. The summed E-state index contributed by atoms with van der Waals surface area (Å²) in [6.07, 6.45) is 0.809. The van der Waals surface area contributed by atoms with Crippen molar-refractivity contribution in [1.29, 1.82) is 0 Å². The van der Waals surface area contributed by atoms with E-state index in [4.69, 9.17) is 5.73 Å². The van der Waals surface area contributed by atoms with Gasteiger partial charge in [0.1, 0.15) is 0 Å². The van der Waals surface area contributed by atoms with E-state index >= 15 is 0 Å². The summed E-state index contributed by atoms with van der Waals surface area (Å²) >= 11 is 1.77. The summed E-state index contributed by atoms with van der Waals surface area (Å²) in [5, 5.41) is 10.9. The van der Waals surface area contributed by atoms with Crippen LogP contribution in [0.2, 0.25) is 0 Å². The van der Waals surface area contributed by atoms with E-state index in [2.05, 4.69) is 46.8 Å². The molecule has 18 heavy (non-hydrogen) atoms. The van der Waals surface area contributed by atoms with E-state index in [9.17, 15) is 0 Å². The number of nitrogens with one attached hydrogen (secondary N) is 1. The Morgan fingerprint density at radius 1 is 1.33 bits per heavy atom. The van der Waals surface area contributed by atoms with Crippen LogP contribution in [-0.2, 0) is 6.42 Å². The standard InChI is InChI=1S/C14H15N3S/c1-9-14(12(6-7-15)17-16-9)11-8-18-13-5-3-2-4-10(11)13/h2-5,8H,6-7,15H2,1H3,(H,16,17). The summed E-state index contributed by atoms with van der Waals surface area (Å²) in [7, 11) is 0. The number of hydrogen-bond acceptors (Lipinski definition) is 3. The molecule has 3 aromatic rings. The highest BCUT2D eigenvalue weighted by Gasteiger charge is 2.15. The number of fused-ring (bicyclic) bond motifs is 1. The molecule has 92 valence electrons. The molecule has 3 rings (SSSR count). The van der Waals surface area contributed by atoms with Gasteiger partial charge in [-0.3, -0.25) is 5.10 Å². The molecule has 0 aliphatic rings. The Bertz CT molecular complexity index is 681. The molecular weight excluding hydrogens is 242 g/mol. The van der Waals surface area contributed by atoms with Gasteiger partial charge in [0.15, 0.2) is 0 Å². The van der Waals surface area contributed by atoms with Gasteiger partial charge in [0.2, 0.25) is 0 Å². The van der Waals surface area contributed by atoms with E-state index in [1.54, 1.807) is 11.3 Å². The number of benzene rings is 1. The quantitative estimate of drug-likeness (QED) is 0.757. The van der Waals surface area contributed by atoms with Gasteiger partial charge in [-0.2, -0.15) is 5.10 Å². The number of aromatic amines is 1. The first-order valence-electron chi connectivity index (χ1n) is 6.01. The first-order valence-corrected chi connectivity index (χ1v) is 6.89. The molecule has 3 N–H and O–H groups in total. The van der Waals surface area contributed by atoms with Gasteiger partial charge in [0.05, 0.1) is 5.69 Å².